The molecule has 1 amide bonds. The number of carbonyl (C=O) groups is 1. The monoisotopic (exact) mass is 958 g/mol. The maximum Gasteiger partial charge on any atom is 0.255 e. The Morgan fingerprint density at radius 1 is 0.695 bits per heavy atom. The standard InChI is InChI=1S/C22H26ClF2NO2Si.C15H22BrFOSi.C6H5ClFN.2CH4/c1-22(2,3)29(4,5)28-19-11-8-14-15(7-10-18(25)20(14)19)21(27)26-13-6-9-17(24)16(23)12-13;1-15(2,3)19(4,5)18-13-9-6-10-11(16)7-8-12(17)14(10)13;7-5-3-4(9)1-2-6(5)8;;/h6-7,9-10,12,19H,8,11H2,1-5H3,(H,26,27);7-8,13H,6,9H2,1-5H3;1-3H,9H2;2*1H4/t19-;13-;;;/m00.../s1. The van der Waals surface area contributed by atoms with Gasteiger partial charge in [0, 0.05) is 32.5 Å². The Morgan fingerprint density at radius 2 is 1.12 bits per heavy atom. The lowest BCUT2D eigenvalue weighted by Gasteiger charge is -2.38. The summed E-state index contributed by atoms with van der Waals surface area (Å²) in [6.07, 6.45) is 2.58. The Bertz CT molecular complexity index is 2110. The third kappa shape index (κ3) is 12.7. The fraction of sp³-hybridized carbons (Fsp3) is 0.444. The molecule has 326 valence electrons. The molecule has 6 rings (SSSR count). The summed E-state index contributed by atoms with van der Waals surface area (Å²) in [6, 6.07) is 14.2. The van der Waals surface area contributed by atoms with Crippen LogP contribution in [0, 0.1) is 23.3 Å². The lowest BCUT2D eigenvalue weighted by Crippen LogP contribution is -2.41. The zero-order valence-electron chi connectivity index (χ0n) is 34.2. The lowest BCUT2D eigenvalue weighted by atomic mass is 10.0. The summed E-state index contributed by atoms with van der Waals surface area (Å²) < 4.78 is 68.4. The van der Waals surface area contributed by atoms with Crippen LogP contribution in [0.25, 0.3) is 0 Å². The van der Waals surface area contributed by atoms with Crippen LogP contribution in [-0.2, 0) is 21.7 Å². The number of carbonyl (C=O) groups excluding carboxylic acids is 1. The van der Waals surface area contributed by atoms with Crippen LogP contribution in [0.5, 0.6) is 0 Å². The fourth-order valence-electron chi connectivity index (χ4n) is 6.10. The average molecular weight is 961 g/mol. The summed E-state index contributed by atoms with van der Waals surface area (Å²) in [4.78, 5) is 12.8. The molecule has 3 N–H and O–H groups in total. The van der Waals surface area contributed by atoms with Crippen molar-refractivity contribution < 1.29 is 31.2 Å². The minimum Gasteiger partial charge on any atom is -0.410 e. The summed E-state index contributed by atoms with van der Waals surface area (Å²) in [5, 5.41) is 2.86. The van der Waals surface area contributed by atoms with Gasteiger partial charge in [-0.15, -0.1) is 0 Å². The fourth-order valence-corrected chi connectivity index (χ4v) is 9.62. The first-order valence-corrected chi connectivity index (χ1v) is 26.2. The molecule has 0 aromatic heterocycles. The maximum atomic E-state index is 14.7. The van der Waals surface area contributed by atoms with Crippen LogP contribution in [-0.4, -0.2) is 22.5 Å². The quantitative estimate of drug-likeness (QED) is 0.115. The molecule has 0 aliphatic heterocycles. The summed E-state index contributed by atoms with van der Waals surface area (Å²) in [5.74, 6) is -1.84. The van der Waals surface area contributed by atoms with Crippen molar-refractivity contribution in [3.63, 3.8) is 0 Å². The van der Waals surface area contributed by atoms with Crippen LogP contribution in [0.15, 0.2) is 65.1 Å². The molecule has 14 heteroatoms. The number of nitrogens with two attached hydrogens (primary N) is 1. The summed E-state index contributed by atoms with van der Waals surface area (Å²) >= 11 is 14.7. The number of nitrogen functional groups attached to an aromatic ring is 1. The van der Waals surface area contributed by atoms with Crippen LogP contribution >= 0.6 is 39.1 Å². The second-order valence-electron chi connectivity index (χ2n) is 17.5. The van der Waals surface area contributed by atoms with Gasteiger partial charge in [0.1, 0.15) is 23.3 Å². The molecule has 0 saturated heterocycles. The van der Waals surface area contributed by atoms with E-state index >= 15 is 0 Å². The van der Waals surface area contributed by atoms with E-state index < -0.39 is 28.3 Å². The molecule has 0 unspecified atom stereocenters. The molecule has 0 radical (unpaired) electrons. The van der Waals surface area contributed by atoms with Crippen molar-refractivity contribution in [3.8, 4) is 0 Å². The highest BCUT2D eigenvalue weighted by atomic mass is 79.9. The summed E-state index contributed by atoms with van der Waals surface area (Å²) in [7, 11) is -3.96. The van der Waals surface area contributed by atoms with Gasteiger partial charge in [0.25, 0.3) is 5.91 Å². The molecule has 0 saturated carbocycles. The molecule has 4 aromatic rings. The van der Waals surface area contributed by atoms with E-state index in [1.165, 1.54) is 54.6 Å². The van der Waals surface area contributed by atoms with E-state index in [0.29, 0.717) is 40.9 Å². The molecule has 0 spiro atoms. The summed E-state index contributed by atoms with van der Waals surface area (Å²) in [6.45, 7) is 21.8. The number of hydrogen-bond acceptors (Lipinski definition) is 4. The van der Waals surface area contributed by atoms with Gasteiger partial charge in [0.05, 0.1) is 22.3 Å². The average Bonchev–Trinajstić information content (AvgIpc) is 3.71. The number of benzene rings is 4. The Balaban J connectivity index is 0.000000343. The minimum atomic E-state index is -2.10. The largest absolute Gasteiger partial charge is 0.410 e. The molecule has 59 heavy (non-hydrogen) atoms. The summed E-state index contributed by atoms with van der Waals surface area (Å²) in [5.41, 5.74) is 9.57. The van der Waals surface area contributed by atoms with Gasteiger partial charge in [-0.3, -0.25) is 4.79 Å². The second kappa shape index (κ2) is 20.4. The molecule has 4 aromatic carbocycles. The van der Waals surface area contributed by atoms with Crippen molar-refractivity contribution in [3.05, 3.63) is 126 Å². The number of hydrogen-bond donors (Lipinski definition) is 2. The molecule has 2 atom stereocenters. The Hall–Kier alpha value is -2.72. The van der Waals surface area contributed by atoms with Gasteiger partial charge in [0.2, 0.25) is 0 Å². The van der Waals surface area contributed by atoms with E-state index in [4.69, 9.17) is 37.8 Å². The Morgan fingerprint density at radius 3 is 1.58 bits per heavy atom. The van der Waals surface area contributed by atoms with Gasteiger partial charge in [-0.25, -0.2) is 17.6 Å². The number of amides is 1. The molecule has 2 aliphatic carbocycles. The third-order valence-corrected chi connectivity index (χ3v) is 21.7. The van der Waals surface area contributed by atoms with Crippen molar-refractivity contribution in [1.29, 1.82) is 0 Å². The van der Waals surface area contributed by atoms with E-state index in [0.717, 1.165) is 28.4 Å². The van der Waals surface area contributed by atoms with E-state index in [1.54, 1.807) is 6.07 Å². The first kappa shape index (κ1) is 52.4. The maximum absolute atomic E-state index is 14.7. The van der Waals surface area contributed by atoms with E-state index in [1.807, 2.05) is 0 Å². The molecule has 5 nitrogen and oxygen atoms in total. The van der Waals surface area contributed by atoms with E-state index in [9.17, 15) is 22.4 Å². The van der Waals surface area contributed by atoms with Gasteiger partial charge < -0.3 is 19.9 Å². The van der Waals surface area contributed by atoms with Crippen LogP contribution in [0.4, 0.5) is 28.9 Å². The van der Waals surface area contributed by atoms with Gasteiger partial charge in [-0.2, -0.15) is 0 Å². The number of fused-ring (bicyclic) bond motifs is 2. The van der Waals surface area contributed by atoms with Crippen LogP contribution in [0.1, 0.15) is 114 Å². The van der Waals surface area contributed by atoms with Gasteiger partial charge >= 0.3 is 0 Å². The smallest absolute Gasteiger partial charge is 0.255 e. The topological polar surface area (TPSA) is 73.6 Å². The van der Waals surface area contributed by atoms with E-state index in [-0.39, 0.29) is 64.7 Å². The molecule has 0 heterocycles. The second-order valence-corrected chi connectivity index (χ2v) is 28.7. The normalized spacial score (nSPS) is 15.9. The Kier molecular flexibility index (Phi) is 18.2. The van der Waals surface area contributed by atoms with Gasteiger partial charge in [-0.1, -0.05) is 95.5 Å². The van der Waals surface area contributed by atoms with E-state index in [2.05, 4.69) is 89.0 Å². The lowest BCUT2D eigenvalue weighted by molar-refractivity contribution is 0.102. The van der Waals surface area contributed by atoms with Crippen molar-refractivity contribution in [2.24, 2.45) is 0 Å². The molecule has 2 aliphatic rings. The highest BCUT2D eigenvalue weighted by Crippen LogP contribution is 2.47. The highest BCUT2D eigenvalue weighted by Gasteiger charge is 2.43. The van der Waals surface area contributed by atoms with Gasteiger partial charge in [-0.05, 0) is 134 Å². The SMILES string of the molecule is C.C.CC(C)(C)[Si](C)(C)O[C@H]1CCc2c(Br)ccc(F)c21.CC(C)(C)[Si](C)(C)O[C@H]1CCc2c(C(=O)Nc3ccc(F)c(Cl)c3)ccc(F)c21.Nc1ccc(F)c(Cl)c1. The van der Waals surface area contributed by atoms with Crippen molar-refractivity contribution in [2.75, 3.05) is 11.1 Å². The third-order valence-electron chi connectivity index (χ3n) is 11.4. The molecule has 0 fully saturated rings. The van der Waals surface area contributed by atoms with Crippen LogP contribution in [0.2, 0.25) is 46.3 Å². The molecular formula is C45H61BrCl2F4N2O3Si2. The first-order chi connectivity index (χ1) is 26.2. The van der Waals surface area contributed by atoms with Crippen molar-refractivity contribution in [2.45, 2.75) is 131 Å². The molecular weight excluding hydrogens is 899 g/mol. The number of anilines is 2. The zero-order valence-corrected chi connectivity index (χ0v) is 39.3. The highest BCUT2D eigenvalue weighted by molar-refractivity contribution is 9.10. The van der Waals surface area contributed by atoms with Crippen molar-refractivity contribution in [1.82, 2.24) is 0 Å². The van der Waals surface area contributed by atoms with Crippen LogP contribution < -0.4 is 11.1 Å². The predicted molar refractivity (Wildman–Crippen MR) is 248 cm³/mol. The molecule has 0 bridgehead atoms. The zero-order chi connectivity index (χ0) is 42.8. The van der Waals surface area contributed by atoms with Gasteiger partial charge in [0.15, 0.2) is 16.6 Å². The number of halogens is 7. The first-order valence-electron chi connectivity index (χ1n) is 18.8. The number of nitrogens with one attached hydrogen (secondary N) is 1. The van der Waals surface area contributed by atoms with Crippen molar-refractivity contribution >= 4 is 73.0 Å². The number of rotatable bonds is 6. The minimum absolute atomic E-state index is 0. The van der Waals surface area contributed by atoms with Crippen LogP contribution in [0.3, 0.4) is 0 Å². The predicted octanol–water partition coefficient (Wildman–Crippen LogP) is 15.8. The Labute approximate surface area is 370 Å².